The molecule has 1 saturated heterocycles. The number of hydrogen-bond donors (Lipinski definition) is 2. The van der Waals surface area contributed by atoms with Crippen molar-refractivity contribution in [3.8, 4) is 5.75 Å². The number of carbonyl (C=O) groups is 3. The van der Waals surface area contributed by atoms with Gasteiger partial charge in [-0.25, -0.2) is 4.79 Å². The van der Waals surface area contributed by atoms with Gasteiger partial charge in [-0.1, -0.05) is 0 Å². The van der Waals surface area contributed by atoms with Gasteiger partial charge in [0.25, 0.3) is 5.91 Å². The highest BCUT2D eigenvalue weighted by Crippen LogP contribution is 2.42. The Morgan fingerprint density at radius 2 is 1.92 bits per heavy atom. The lowest BCUT2D eigenvalue weighted by Gasteiger charge is -2.20. The van der Waals surface area contributed by atoms with E-state index < -0.39 is 42.0 Å². The molecular formula is C16H16F3N3O4. The number of nitrogens with zero attached hydrogens (tertiary/aromatic N) is 1. The Hall–Kier alpha value is -2.78. The van der Waals surface area contributed by atoms with Gasteiger partial charge in [-0.05, 0) is 49.9 Å². The number of nitrogens with one attached hydrogen (secondary N) is 2. The maximum Gasteiger partial charge on any atom is 0.573 e. The van der Waals surface area contributed by atoms with Crippen LogP contribution in [0.4, 0.5) is 23.7 Å². The quantitative estimate of drug-likeness (QED) is 0.777. The number of halogens is 3. The SMILES string of the molecule is C[C@@]1(C2CC2)NC(=O)N(CC(=O)Nc2ccc(OC(F)(F)F)cc2)C1=O. The van der Waals surface area contributed by atoms with Crippen LogP contribution in [0.1, 0.15) is 19.8 Å². The van der Waals surface area contributed by atoms with Crippen LogP contribution in [-0.4, -0.2) is 41.2 Å². The van der Waals surface area contributed by atoms with Gasteiger partial charge in [0.2, 0.25) is 5.91 Å². The second-order valence-corrected chi connectivity index (χ2v) is 6.42. The molecule has 1 atom stereocenters. The van der Waals surface area contributed by atoms with Crippen molar-refractivity contribution in [1.82, 2.24) is 10.2 Å². The summed E-state index contributed by atoms with van der Waals surface area (Å²) in [5.74, 6) is -1.44. The molecule has 1 heterocycles. The Bertz CT molecular complexity index is 746. The van der Waals surface area contributed by atoms with E-state index >= 15 is 0 Å². The summed E-state index contributed by atoms with van der Waals surface area (Å²) in [7, 11) is 0. The molecule has 1 saturated carbocycles. The van der Waals surface area contributed by atoms with Gasteiger partial charge in [0.1, 0.15) is 17.8 Å². The van der Waals surface area contributed by atoms with Crippen molar-refractivity contribution < 1.29 is 32.3 Å². The second-order valence-electron chi connectivity index (χ2n) is 6.42. The molecule has 4 amide bonds. The number of imide groups is 1. The van der Waals surface area contributed by atoms with Crippen LogP contribution in [0.5, 0.6) is 5.75 Å². The Kier molecular flexibility index (Phi) is 4.29. The summed E-state index contributed by atoms with van der Waals surface area (Å²) in [6.07, 6.45) is -3.12. The lowest BCUT2D eigenvalue weighted by atomic mass is 9.96. The monoisotopic (exact) mass is 371 g/mol. The van der Waals surface area contributed by atoms with Gasteiger partial charge in [0.05, 0.1) is 0 Å². The van der Waals surface area contributed by atoms with E-state index in [1.54, 1.807) is 6.92 Å². The smallest absolute Gasteiger partial charge is 0.406 e. The number of benzene rings is 1. The molecule has 2 N–H and O–H groups in total. The maximum absolute atomic E-state index is 12.4. The van der Waals surface area contributed by atoms with E-state index in [-0.39, 0.29) is 11.6 Å². The first kappa shape index (κ1) is 18.0. The zero-order chi connectivity index (χ0) is 19.1. The van der Waals surface area contributed by atoms with Gasteiger partial charge in [0, 0.05) is 5.69 Å². The maximum atomic E-state index is 12.4. The summed E-state index contributed by atoms with van der Waals surface area (Å²) in [6, 6.07) is 3.90. The molecule has 0 spiro atoms. The Labute approximate surface area is 146 Å². The van der Waals surface area contributed by atoms with Crippen molar-refractivity contribution >= 4 is 23.5 Å². The zero-order valence-electron chi connectivity index (χ0n) is 13.7. The fraction of sp³-hybridized carbons (Fsp3) is 0.438. The highest BCUT2D eigenvalue weighted by atomic mass is 19.4. The van der Waals surface area contributed by atoms with E-state index in [0.29, 0.717) is 0 Å². The summed E-state index contributed by atoms with van der Waals surface area (Å²) < 4.78 is 40.1. The van der Waals surface area contributed by atoms with E-state index in [1.807, 2.05) is 0 Å². The second kappa shape index (κ2) is 6.19. The van der Waals surface area contributed by atoms with Crippen LogP contribution in [0.15, 0.2) is 24.3 Å². The molecule has 26 heavy (non-hydrogen) atoms. The Morgan fingerprint density at radius 1 is 1.31 bits per heavy atom. The third kappa shape index (κ3) is 3.73. The zero-order valence-corrected chi connectivity index (χ0v) is 13.7. The summed E-state index contributed by atoms with van der Waals surface area (Å²) in [5, 5.41) is 5.05. The molecule has 0 aromatic heterocycles. The standard InChI is InChI=1S/C16H16F3N3O4/c1-15(9-2-3-9)13(24)22(14(25)21-15)8-12(23)20-10-4-6-11(7-5-10)26-16(17,18)19/h4-7,9H,2-3,8H2,1H3,(H,20,23)(H,21,25)/t15-/m0/s1. The number of urea groups is 1. The molecule has 1 aliphatic carbocycles. The molecule has 10 heteroatoms. The predicted octanol–water partition coefficient (Wildman–Crippen LogP) is 2.24. The Balaban J connectivity index is 1.59. The molecule has 1 aromatic rings. The lowest BCUT2D eigenvalue weighted by Crippen LogP contribution is -2.46. The average Bonchev–Trinajstić information content (AvgIpc) is 3.34. The number of rotatable bonds is 5. The topological polar surface area (TPSA) is 87.7 Å². The molecule has 1 aliphatic heterocycles. The fourth-order valence-corrected chi connectivity index (χ4v) is 2.88. The van der Waals surface area contributed by atoms with E-state index in [1.165, 1.54) is 12.1 Å². The molecule has 7 nitrogen and oxygen atoms in total. The van der Waals surface area contributed by atoms with Crippen molar-refractivity contribution in [3.05, 3.63) is 24.3 Å². The third-order valence-corrected chi connectivity index (χ3v) is 4.37. The molecule has 1 aromatic carbocycles. The largest absolute Gasteiger partial charge is 0.573 e. The van der Waals surface area contributed by atoms with Crippen molar-refractivity contribution in [1.29, 1.82) is 0 Å². The van der Waals surface area contributed by atoms with Crippen LogP contribution in [0.3, 0.4) is 0 Å². The molecule has 140 valence electrons. The fourth-order valence-electron chi connectivity index (χ4n) is 2.88. The number of hydrogen-bond acceptors (Lipinski definition) is 4. The van der Waals surface area contributed by atoms with Crippen molar-refractivity contribution in [2.75, 3.05) is 11.9 Å². The van der Waals surface area contributed by atoms with Gasteiger partial charge >= 0.3 is 12.4 Å². The first-order chi connectivity index (χ1) is 12.1. The van der Waals surface area contributed by atoms with Gasteiger partial charge in [0.15, 0.2) is 0 Å². The van der Waals surface area contributed by atoms with Crippen molar-refractivity contribution in [3.63, 3.8) is 0 Å². The van der Waals surface area contributed by atoms with Gasteiger partial charge in [-0.3, -0.25) is 14.5 Å². The number of ether oxygens (including phenoxy) is 1. The summed E-state index contributed by atoms with van der Waals surface area (Å²) in [4.78, 5) is 37.3. The van der Waals surface area contributed by atoms with Gasteiger partial charge in [-0.2, -0.15) is 0 Å². The molecule has 0 unspecified atom stereocenters. The highest BCUT2D eigenvalue weighted by Gasteiger charge is 2.56. The van der Waals surface area contributed by atoms with Crippen LogP contribution in [0.25, 0.3) is 0 Å². The van der Waals surface area contributed by atoms with Crippen molar-refractivity contribution in [2.45, 2.75) is 31.7 Å². The number of anilines is 1. The molecular weight excluding hydrogens is 355 g/mol. The van der Waals surface area contributed by atoms with E-state index in [4.69, 9.17) is 0 Å². The van der Waals surface area contributed by atoms with Crippen LogP contribution in [-0.2, 0) is 9.59 Å². The first-order valence-corrected chi connectivity index (χ1v) is 7.88. The van der Waals surface area contributed by atoms with E-state index in [2.05, 4.69) is 15.4 Å². The van der Waals surface area contributed by atoms with Crippen LogP contribution in [0.2, 0.25) is 0 Å². The first-order valence-electron chi connectivity index (χ1n) is 7.88. The molecule has 2 fully saturated rings. The van der Waals surface area contributed by atoms with Crippen LogP contribution < -0.4 is 15.4 Å². The van der Waals surface area contributed by atoms with Crippen molar-refractivity contribution in [2.24, 2.45) is 5.92 Å². The average molecular weight is 371 g/mol. The minimum Gasteiger partial charge on any atom is -0.406 e. The molecule has 2 aliphatic rings. The summed E-state index contributed by atoms with van der Waals surface area (Å²) >= 11 is 0. The minimum absolute atomic E-state index is 0.0770. The van der Waals surface area contributed by atoms with Gasteiger partial charge in [-0.15, -0.1) is 13.2 Å². The van der Waals surface area contributed by atoms with Crippen LogP contribution >= 0.6 is 0 Å². The number of carbonyl (C=O) groups excluding carboxylic acids is 3. The number of alkyl halides is 3. The highest BCUT2D eigenvalue weighted by molar-refractivity contribution is 6.10. The molecule has 3 rings (SSSR count). The minimum atomic E-state index is -4.80. The summed E-state index contributed by atoms with van der Waals surface area (Å²) in [6.45, 7) is 1.16. The predicted molar refractivity (Wildman–Crippen MR) is 83.1 cm³/mol. The normalized spacial score (nSPS) is 23.0. The summed E-state index contributed by atoms with van der Waals surface area (Å²) in [5.41, 5.74) is -0.768. The van der Waals surface area contributed by atoms with E-state index in [9.17, 15) is 27.6 Å². The van der Waals surface area contributed by atoms with Gasteiger partial charge < -0.3 is 15.4 Å². The third-order valence-electron chi connectivity index (χ3n) is 4.37. The molecule has 0 bridgehead atoms. The van der Waals surface area contributed by atoms with E-state index in [0.717, 1.165) is 29.9 Å². The lowest BCUT2D eigenvalue weighted by molar-refractivity contribution is -0.274. The number of amides is 4. The van der Waals surface area contributed by atoms with Crippen LogP contribution in [0, 0.1) is 5.92 Å². The Morgan fingerprint density at radius 3 is 2.46 bits per heavy atom. The molecule has 0 radical (unpaired) electrons.